The molecule has 2 nitrogen and oxygen atoms in total. The smallest absolute Gasteiger partial charge is 0.0476 e. The Morgan fingerprint density at radius 3 is 1.04 bits per heavy atom. The number of rotatable bonds is 6. The first kappa shape index (κ1) is 30.6. The van der Waals surface area contributed by atoms with Crippen molar-refractivity contribution in [2.24, 2.45) is 0 Å². The van der Waals surface area contributed by atoms with Gasteiger partial charge in [-0.25, -0.2) is 0 Å². The summed E-state index contributed by atoms with van der Waals surface area (Å²) in [6, 6.07) is 66.6. The average molecular weight is 731 g/mol. The second-order valence-electron chi connectivity index (χ2n) is 13.4. The Kier molecular flexibility index (Phi) is 7.12. The molecule has 0 aliphatic rings. The van der Waals surface area contributed by atoms with Gasteiger partial charge in [0.25, 0.3) is 0 Å². The van der Waals surface area contributed by atoms with E-state index in [4.69, 9.17) is 0 Å². The first-order valence-electron chi connectivity index (χ1n) is 17.7. The molecule has 3 aromatic heterocycles. The van der Waals surface area contributed by atoms with Crippen molar-refractivity contribution in [3.8, 4) is 0 Å². The third-order valence-electron chi connectivity index (χ3n) is 10.2. The van der Waals surface area contributed by atoms with Gasteiger partial charge in [0, 0.05) is 94.6 Å². The van der Waals surface area contributed by atoms with Gasteiger partial charge < -0.3 is 9.80 Å². The topological polar surface area (TPSA) is 6.48 Å². The summed E-state index contributed by atoms with van der Waals surface area (Å²) < 4.78 is 7.80. The lowest BCUT2D eigenvalue weighted by molar-refractivity contribution is 1.30. The minimum Gasteiger partial charge on any atom is -0.310 e. The molecule has 250 valence electrons. The lowest BCUT2D eigenvalue weighted by Crippen LogP contribution is -2.09. The van der Waals surface area contributed by atoms with Crippen LogP contribution in [0, 0.1) is 0 Å². The first-order valence-corrected chi connectivity index (χ1v) is 20.2. The number of thiophene rings is 3. The molecule has 11 rings (SSSR count). The van der Waals surface area contributed by atoms with E-state index in [-0.39, 0.29) is 0 Å². The van der Waals surface area contributed by atoms with Crippen LogP contribution in [0.4, 0.5) is 34.1 Å². The number of hydrogen-bond acceptors (Lipinski definition) is 5. The van der Waals surface area contributed by atoms with Crippen molar-refractivity contribution >= 4 is 129 Å². The van der Waals surface area contributed by atoms with Crippen molar-refractivity contribution in [3.63, 3.8) is 0 Å². The number of para-hydroxylation sites is 2. The number of nitrogens with zero attached hydrogens (tertiary/aromatic N) is 2. The number of benzene rings is 8. The van der Waals surface area contributed by atoms with Crippen LogP contribution in [0.3, 0.4) is 0 Å². The quantitative estimate of drug-likeness (QED) is 0.168. The molecule has 3 heterocycles. The monoisotopic (exact) mass is 730 g/mol. The van der Waals surface area contributed by atoms with Crippen LogP contribution in [0.15, 0.2) is 182 Å². The summed E-state index contributed by atoms with van der Waals surface area (Å²) in [6.45, 7) is 0. The van der Waals surface area contributed by atoms with Crippen LogP contribution in [0.1, 0.15) is 0 Å². The molecule has 5 heteroatoms. The van der Waals surface area contributed by atoms with Crippen LogP contribution in [0.5, 0.6) is 0 Å². The van der Waals surface area contributed by atoms with Gasteiger partial charge in [0.2, 0.25) is 0 Å². The molecule has 0 amide bonds. The summed E-state index contributed by atoms with van der Waals surface area (Å²) in [5.74, 6) is 0. The SMILES string of the molecule is c1ccc(N(c2ccc3c(c2)sc2ccccc23)c2ccc3c(c2)sc2ccc(N(c4ccccc4)c4ccc5c(c4)sc4ccccc45)cc23)cc1. The van der Waals surface area contributed by atoms with Gasteiger partial charge in [-0.15, -0.1) is 34.0 Å². The lowest BCUT2D eigenvalue weighted by atomic mass is 10.1. The first-order chi connectivity index (χ1) is 26.2. The molecule has 8 aromatic carbocycles. The highest BCUT2D eigenvalue weighted by Crippen LogP contribution is 2.46. The molecule has 0 bridgehead atoms. The molecule has 11 aromatic rings. The molecule has 0 saturated carbocycles. The Morgan fingerprint density at radius 2 is 0.566 bits per heavy atom. The van der Waals surface area contributed by atoms with Crippen molar-refractivity contribution in [2.75, 3.05) is 9.80 Å². The van der Waals surface area contributed by atoms with Gasteiger partial charge in [0.1, 0.15) is 0 Å². The normalized spacial score (nSPS) is 11.8. The van der Waals surface area contributed by atoms with Crippen LogP contribution in [-0.4, -0.2) is 0 Å². The fraction of sp³-hybridized carbons (Fsp3) is 0. The molecule has 0 aliphatic carbocycles. The molecule has 0 unspecified atom stereocenters. The van der Waals surface area contributed by atoms with Gasteiger partial charge in [-0.05, 0) is 91.0 Å². The second-order valence-corrected chi connectivity index (χ2v) is 16.6. The molecular weight excluding hydrogens is 701 g/mol. The maximum absolute atomic E-state index is 2.39. The van der Waals surface area contributed by atoms with Crippen molar-refractivity contribution in [1.29, 1.82) is 0 Å². The van der Waals surface area contributed by atoms with Gasteiger partial charge in [-0.2, -0.15) is 0 Å². The Hall–Kier alpha value is -5.98. The van der Waals surface area contributed by atoms with E-state index in [1.165, 1.54) is 60.5 Å². The Bertz CT molecular complexity index is 3140. The Labute approximate surface area is 318 Å². The molecule has 0 saturated heterocycles. The minimum atomic E-state index is 1.14. The summed E-state index contributed by atoms with van der Waals surface area (Å²) in [4.78, 5) is 4.78. The lowest BCUT2D eigenvalue weighted by Gasteiger charge is -2.26. The highest BCUT2D eigenvalue weighted by Gasteiger charge is 2.19. The van der Waals surface area contributed by atoms with E-state index >= 15 is 0 Å². The maximum Gasteiger partial charge on any atom is 0.0476 e. The van der Waals surface area contributed by atoms with Crippen molar-refractivity contribution in [3.05, 3.63) is 182 Å². The molecule has 53 heavy (non-hydrogen) atoms. The molecule has 0 spiro atoms. The van der Waals surface area contributed by atoms with E-state index in [2.05, 4.69) is 192 Å². The van der Waals surface area contributed by atoms with Crippen LogP contribution >= 0.6 is 34.0 Å². The zero-order valence-corrected chi connectivity index (χ0v) is 30.9. The summed E-state index contributed by atoms with van der Waals surface area (Å²) in [6.07, 6.45) is 0. The zero-order valence-electron chi connectivity index (χ0n) is 28.4. The highest BCUT2D eigenvalue weighted by atomic mass is 32.1. The van der Waals surface area contributed by atoms with E-state index in [1.54, 1.807) is 0 Å². The van der Waals surface area contributed by atoms with Crippen molar-refractivity contribution in [2.45, 2.75) is 0 Å². The number of anilines is 6. The minimum absolute atomic E-state index is 1.14. The maximum atomic E-state index is 2.39. The fourth-order valence-electron chi connectivity index (χ4n) is 7.79. The van der Waals surface area contributed by atoms with Gasteiger partial charge in [0.05, 0.1) is 0 Å². The van der Waals surface area contributed by atoms with E-state index in [0.29, 0.717) is 0 Å². The van der Waals surface area contributed by atoms with Gasteiger partial charge in [-0.3, -0.25) is 0 Å². The predicted molar refractivity (Wildman–Crippen MR) is 234 cm³/mol. The molecule has 0 atom stereocenters. The van der Waals surface area contributed by atoms with Gasteiger partial charge in [-0.1, -0.05) is 91.0 Å². The number of hydrogen-bond donors (Lipinski definition) is 0. The summed E-state index contributed by atoms with van der Waals surface area (Å²) >= 11 is 5.59. The van der Waals surface area contributed by atoms with Crippen molar-refractivity contribution in [1.82, 2.24) is 0 Å². The second kappa shape index (κ2) is 12.3. The average Bonchev–Trinajstić information content (AvgIpc) is 3.89. The molecule has 0 N–H and O–H groups in total. The largest absolute Gasteiger partial charge is 0.310 e. The Morgan fingerprint density at radius 1 is 0.226 bits per heavy atom. The van der Waals surface area contributed by atoms with Crippen LogP contribution < -0.4 is 9.80 Å². The van der Waals surface area contributed by atoms with E-state index in [1.807, 2.05) is 34.0 Å². The molecule has 0 fully saturated rings. The highest BCUT2D eigenvalue weighted by molar-refractivity contribution is 7.26. The van der Waals surface area contributed by atoms with E-state index < -0.39 is 0 Å². The van der Waals surface area contributed by atoms with Crippen molar-refractivity contribution < 1.29 is 0 Å². The summed E-state index contributed by atoms with van der Waals surface area (Å²) in [7, 11) is 0. The van der Waals surface area contributed by atoms with E-state index in [9.17, 15) is 0 Å². The summed E-state index contributed by atoms with van der Waals surface area (Å²) in [5, 5.41) is 7.81. The van der Waals surface area contributed by atoms with Crippen LogP contribution in [0.2, 0.25) is 0 Å². The molecular formula is C48H30N2S3. The Balaban J connectivity index is 1.03. The third kappa shape index (κ3) is 5.12. The predicted octanol–water partition coefficient (Wildman–Crippen LogP) is 15.7. The molecule has 0 aliphatic heterocycles. The van der Waals surface area contributed by atoms with Gasteiger partial charge in [0.15, 0.2) is 0 Å². The van der Waals surface area contributed by atoms with Gasteiger partial charge >= 0.3 is 0 Å². The van der Waals surface area contributed by atoms with E-state index in [0.717, 1.165) is 34.1 Å². The zero-order chi connectivity index (χ0) is 34.9. The standard InChI is InChI=1S/C48H30N2S3/c1-3-11-31(12-4-1)49(34-19-23-39-37-15-7-9-17-43(37)51-46(39)28-34)33-22-26-45-42(27-33)41-25-21-36(30-48(41)53-45)50(32-13-5-2-6-14-32)35-20-24-40-38-16-8-10-18-44(38)52-47(40)29-35/h1-30H. The fourth-order valence-corrected chi connectivity index (χ4v) is 11.2. The van der Waals surface area contributed by atoms with Crippen LogP contribution in [0.25, 0.3) is 60.5 Å². The number of fused-ring (bicyclic) bond motifs is 9. The molecule has 0 radical (unpaired) electrons. The van der Waals surface area contributed by atoms with Crippen LogP contribution in [-0.2, 0) is 0 Å². The third-order valence-corrected chi connectivity index (χ3v) is 13.6. The summed E-state index contributed by atoms with van der Waals surface area (Å²) in [5.41, 5.74) is 6.90.